The molecule has 4 rings (SSSR count). The summed E-state index contributed by atoms with van der Waals surface area (Å²) < 4.78 is 6.01. The first-order valence-electron chi connectivity index (χ1n) is 10.3. The first-order valence-corrected chi connectivity index (χ1v) is 10.3. The van der Waals surface area contributed by atoms with Crippen molar-refractivity contribution in [1.82, 2.24) is 4.90 Å². The Morgan fingerprint density at radius 1 is 1.14 bits per heavy atom. The molecule has 0 radical (unpaired) electrons. The number of rotatable bonds is 6. The quantitative estimate of drug-likeness (QED) is 0.735. The van der Waals surface area contributed by atoms with E-state index in [9.17, 15) is 5.11 Å². The van der Waals surface area contributed by atoms with Crippen molar-refractivity contribution in [2.75, 3.05) is 19.7 Å². The van der Waals surface area contributed by atoms with E-state index in [-0.39, 0.29) is 0 Å². The van der Waals surface area contributed by atoms with Crippen LogP contribution in [0.15, 0.2) is 66.3 Å². The fraction of sp³-hybridized carbons (Fsp3) is 0.360. The molecular formula is C25H29NO2. The van der Waals surface area contributed by atoms with Crippen LogP contribution in [0.25, 0.3) is 5.57 Å². The van der Waals surface area contributed by atoms with Gasteiger partial charge in [0.05, 0.1) is 0 Å². The summed E-state index contributed by atoms with van der Waals surface area (Å²) in [6.07, 6.45) is 6.70. The fourth-order valence-electron chi connectivity index (χ4n) is 4.17. The van der Waals surface area contributed by atoms with Crippen LogP contribution in [-0.4, -0.2) is 35.7 Å². The summed E-state index contributed by atoms with van der Waals surface area (Å²) in [4.78, 5) is 2.46. The van der Waals surface area contributed by atoms with Gasteiger partial charge in [0, 0.05) is 12.0 Å². The highest BCUT2D eigenvalue weighted by Gasteiger charge is 2.23. The van der Waals surface area contributed by atoms with Crippen LogP contribution in [0.1, 0.15) is 43.7 Å². The van der Waals surface area contributed by atoms with Gasteiger partial charge in [-0.05, 0) is 86.3 Å². The molecule has 1 fully saturated rings. The number of ether oxygens (including phenoxy) is 1. The van der Waals surface area contributed by atoms with Gasteiger partial charge in [0.25, 0.3) is 0 Å². The fourth-order valence-corrected chi connectivity index (χ4v) is 4.17. The SMILES string of the molecule is CC1=C(c2cccc(O)c2)C(c2ccc(OC[C@H](C)N3CCC3)cc2)CC=C1. The van der Waals surface area contributed by atoms with E-state index in [4.69, 9.17) is 4.74 Å². The van der Waals surface area contributed by atoms with Crippen molar-refractivity contribution in [3.05, 3.63) is 77.4 Å². The van der Waals surface area contributed by atoms with E-state index in [1.165, 1.54) is 36.2 Å². The van der Waals surface area contributed by atoms with E-state index in [0.29, 0.717) is 17.7 Å². The Bertz CT molecular complexity index is 878. The molecule has 1 aliphatic heterocycles. The zero-order chi connectivity index (χ0) is 19.5. The van der Waals surface area contributed by atoms with Gasteiger partial charge in [-0.25, -0.2) is 0 Å². The van der Waals surface area contributed by atoms with Crippen molar-refractivity contribution in [2.45, 2.75) is 38.6 Å². The highest BCUT2D eigenvalue weighted by Crippen LogP contribution is 2.41. The number of aromatic hydroxyl groups is 1. The van der Waals surface area contributed by atoms with Crippen molar-refractivity contribution >= 4 is 5.57 Å². The Balaban J connectivity index is 1.50. The summed E-state index contributed by atoms with van der Waals surface area (Å²) in [5.74, 6) is 1.54. The van der Waals surface area contributed by atoms with Gasteiger partial charge in [0.2, 0.25) is 0 Å². The van der Waals surface area contributed by atoms with Crippen molar-refractivity contribution in [3.63, 3.8) is 0 Å². The summed E-state index contributed by atoms with van der Waals surface area (Å²) in [5.41, 5.74) is 4.92. The lowest BCUT2D eigenvalue weighted by molar-refractivity contribution is 0.0901. The summed E-state index contributed by atoms with van der Waals surface area (Å²) in [6.45, 7) is 7.51. The lowest BCUT2D eigenvalue weighted by atomic mass is 9.79. The second kappa shape index (κ2) is 8.24. The molecule has 0 aromatic heterocycles. The second-order valence-electron chi connectivity index (χ2n) is 7.96. The zero-order valence-corrected chi connectivity index (χ0v) is 16.8. The standard InChI is InChI=1S/C25H29NO2/c1-18-6-3-9-24(25(18)21-7-4-8-22(27)16-21)20-10-12-23(13-11-20)28-17-19(2)26-14-5-15-26/h3-4,6-8,10-13,16,19,24,27H,5,9,14-15,17H2,1-2H3/t19-,24?/m0/s1. The molecule has 3 nitrogen and oxygen atoms in total. The van der Waals surface area contributed by atoms with E-state index in [2.05, 4.69) is 61.2 Å². The van der Waals surface area contributed by atoms with Crippen LogP contribution >= 0.6 is 0 Å². The Morgan fingerprint density at radius 2 is 1.93 bits per heavy atom. The maximum atomic E-state index is 9.93. The molecule has 146 valence electrons. The Kier molecular flexibility index (Phi) is 5.54. The number of hydrogen-bond donors (Lipinski definition) is 1. The van der Waals surface area contributed by atoms with Gasteiger partial charge in [-0.3, -0.25) is 4.90 Å². The summed E-state index contributed by atoms with van der Waals surface area (Å²) >= 11 is 0. The summed E-state index contributed by atoms with van der Waals surface area (Å²) in [7, 11) is 0. The van der Waals surface area contributed by atoms with Crippen LogP contribution in [0.2, 0.25) is 0 Å². The Hall–Kier alpha value is -2.52. The predicted octanol–water partition coefficient (Wildman–Crippen LogP) is 5.38. The third kappa shape index (κ3) is 4.00. The van der Waals surface area contributed by atoms with Crippen molar-refractivity contribution < 1.29 is 9.84 Å². The molecule has 2 atom stereocenters. The molecule has 2 aromatic carbocycles. The molecule has 0 bridgehead atoms. The average molecular weight is 376 g/mol. The molecule has 1 heterocycles. The molecular weight excluding hydrogens is 346 g/mol. The predicted molar refractivity (Wildman–Crippen MR) is 115 cm³/mol. The van der Waals surface area contributed by atoms with Gasteiger partial charge in [-0.1, -0.05) is 36.4 Å². The van der Waals surface area contributed by atoms with Crippen LogP contribution < -0.4 is 4.74 Å². The first kappa shape index (κ1) is 18.8. The van der Waals surface area contributed by atoms with Crippen molar-refractivity contribution in [1.29, 1.82) is 0 Å². The van der Waals surface area contributed by atoms with Crippen LogP contribution in [0.5, 0.6) is 11.5 Å². The number of nitrogens with zero attached hydrogens (tertiary/aromatic N) is 1. The highest BCUT2D eigenvalue weighted by molar-refractivity contribution is 5.77. The van der Waals surface area contributed by atoms with Crippen LogP contribution in [0.4, 0.5) is 0 Å². The van der Waals surface area contributed by atoms with Gasteiger partial charge in [-0.15, -0.1) is 0 Å². The number of allylic oxidation sites excluding steroid dienone is 4. The molecule has 3 heteroatoms. The molecule has 1 saturated heterocycles. The molecule has 0 spiro atoms. The van der Waals surface area contributed by atoms with Crippen LogP contribution in [-0.2, 0) is 0 Å². The Morgan fingerprint density at radius 3 is 2.61 bits per heavy atom. The smallest absolute Gasteiger partial charge is 0.119 e. The number of benzene rings is 2. The molecule has 28 heavy (non-hydrogen) atoms. The second-order valence-corrected chi connectivity index (χ2v) is 7.96. The van der Waals surface area contributed by atoms with Gasteiger partial charge in [0.15, 0.2) is 0 Å². The maximum absolute atomic E-state index is 9.93. The van der Waals surface area contributed by atoms with Gasteiger partial charge in [-0.2, -0.15) is 0 Å². The maximum Gasteiger partial charge on any atom is 0.119 e. The normalized spacial score (nSPS) is 20.7. The minimum absolute atomic E-state index is 0.292. The third-order valence-corrected chi connectivity index (χ3v) is 5.96. The molecule has 1 aliphatic carbocycles. The van der Waals surface area contributed by atoms with Gasteiger partial charge in [0.1, 0.15) is 18.1 Å². The summed E-state index contributed by atoms with van der Waals surface area (Å²) in [6, 6.07) is 16.6. The summed E-state index contributed by atoms with van der Waals surface area (Å²) in [5, 5.41) is 9.93. The molecule has 2 aliphatic rings. The van der Waals surface area contributed by atoms with E-state index in [0.717, 1.165) is 24.3 Å². The number of phenols is 1. The molecule has 1 N–H and O–H groups in total. The van der Waals surface area contributed by atoms with E-state index < -0.39 is 0 Å². The zero-order valence-electron chi connectivity index (χ0n) is 16.8. The van der Waals surface area contributed by atoms with Crippen molar-refractivity contribution in [2.24, 2.45) is 0 Å². The van der Waals surface area contributed by atoms with Gasteiger partial charge < -0.3 is 9.84 Å². The van der Waals surface area contributed by atoms with Crippen LogP contribution in [0.3, 0.4) is 0 Å². The minimum atomic E-state index is 0.292. The van der Waals surface area contributed by atoms with Gasteiger partial charge >= 0.3 is 0 Å². The monoisotopic (exact) mass is 375 g/mol. The van der Waals surface area contributed by atoms with Crippen molar-refractivity contribution in [3.8, 4) is 11.5 Å². The molecule has 0 amide bonds. The number of likely N-dealkylation sites (tertiary alicyclic amines) is 1. The molecule has 1 unspecified atom stereocenters. The van der Waals surface area contributed by atoms with E-state index >= 15 is 0 Å². The lowest BCUT2D eigenvalue weighted by Crippen LogP contribution is -2.46. The Labute approximate surface area is 168 Å². The topological polar surface area (TPSA) is 32.7 Å². The molecule has 0 saturated carbocycles. The van der Waals surface area contributed by atoms with E-state index in [1.54, 1.807) is 6.07 Å². The van der Waals surface area contributed by atoms with Crippen LogP contribution in [0, 0.1) is 0 Å². The highest BCUT2D eigenvalue weighted by atomic mass is 16.5. The average Bonchev–Trinajstić information content (AvgIpc) is 2.65. The third-order valence-electron chi connectivity index (χ3n) is 5.96. The number of phenolic OH excluding ortho intramolecular Hbond substituents is 1. The first-order chi connectivity index (χ1) is 13.6. The van der Waals surface area contributed by atoms with E-state index in [1.807, 2.05) is 12.1 Å². The minimum Gasteiger partial charge on any atom is -0.508 e. The number of hydrogen-bond acceptors (Lipinski definition) is 3. The molecule has 2 aromatic rings. The largest absolute Gasteiger partial charge is 0.508 e. The lowest BCUT2D eigenvalue weighted by Gasteiger charge is -2.36.